The topological polar surface area (TPSA) is 75.5 Å². The van der Waals surface area contributed by atoms with Crippen LogP contribution >= 0.6 is 0 Å². The summed E-state index contributed by atoms with van der Waals surface area (Å²) in [7, 11) is 2.94. The molecule has 0 N–H and O–H groups in total. The van der Waals surface area contributed by atoms with E-state index in [-0.39, 0.29) is 18.4 Å². The van der Waals surface area contributed by atoms with Gasteiger partial charge < -0.3 is 14.2 Å². The summed E-state index contributed by atoms with van der Waals surface area (Å²) in [6.45, 7) is 0.778. The number of fused-ring (bicyclic) bond motifs is 1. The molecule has 0 aliphatic carbocycles. The quantitative estimate of drug-likeness (QED) is 0.794. The van der Waals surface area contributed by atoms with Crippen LogP contribution in [0.4, 0.5) is 0 Å². The predicted molar refractivity (Wildman–Crippen MR) is 71.9 cm³/mol. The lowest BCUT2D eigenvalue weighted by molar-refractivity contribution is -0.00222. The normalized spacial score (nSPS) is 17.1. The van der Waals surface area contributed by atoms with Crippen LogP contribution in [0.25, 0.3) is 0 Å². The van der Waals surface area contributed by atoms with E-state index in [9.17, 15) is 4.79 Å². The van der Waals surface area contributed by atoms with Crippen molar-refractivity contribution < 1.29 is 19.0 Å². The van der Waals surface area contributed by atoms with Crippen molar-refractivity contribution in [1.82, 2.24) is 15.0 Å². The van der Waals surface area contributed by atoms with Gasteiger partial charge in [0.25, 0.3) is 0 Å². The van der Waals surface area contributed by atoms with E-state index in [0.29, 0.717) is 12.2 Å². The Morgan fingerprint density at radius 2 is 2.10 bits per heavy atom. The molecule has 0 bridgehead atoms. The molecule has 110 valence electrons. The molecule has 7 heteroatoms. The minimum absolute atomic E-state index is 0.129. The first-order valence-corrected chi connectivity index (χ1v) is 6.49. The minimum Gasteiger partial charge on any atom is -0.497 e. The van der Waals surface area contributed by atoms with Gasteiger partial charge in [-0.15, -0.1) is 5.10 Å². The predicted octanol–water partition coefficient (Wildman–Crippen LogP) is 1.34. The van der Waals surface area contributed by atoms with Crippen molar-refractivity contribution in [2.45, 2.75) is 19.3 Å². The van der Waals surface area contributed by atoms with Crippen LogP contribution in [0.3, 0.4) is 0 Å². The molecule has 0 radical (unpaired) electrons. The van der Waals surface area contributed by atoms with Gasteiger partial charge in [0.2, 0.25) is 0 Å². The second-order valence-corrected chi connectivity index (χ2v) is 4.63. The molecule has 1 unspecified atom stereocenters. The molecule has 1 aliphatic heterocycles. The van der Waals surface area contributed by atoms with E-state index >= 15 is 0 Å². The molecule has 21 heavy (non-hydrogen) atoms. The Labute approximate surface area is 121 Å². The number of carbonyl (C=O) groups is 1. The molecule has 0 amide bonds. The summed E-state index contributed by atoms with van der Waals surface area (Å²) in [6, 6.07) is 7.67. The molecular weight excluding hydrogens is 274 g/mol. The van der Waals surface area contributed by atoms with Crippen LogP contribution in [-0.2, 0) is 22.6 Å². The van der Waals surface area contributed by atoms with Gasteiger partial charge in [-0.1, -0.05) is 17.3 Å². The van der Waals surface area contributed by atoms with Gasteiger partial charge >= 0.3 is 5.97 Å². The van der Waals surface area contributed by atoms with Gasteiger partial charge in [0.15, 0.2) is 5.69 Å². The average Bonchev–Trinajstić information content (AvgIpc) is 2.97. The Hall–Kier alpha value is -2.41. The molecule has 2 aromatic rings. The number of ether oxygens (including phenoxy) is 3. The van der Waals surface area contributed by atoms with Gasteiger partial charge in [-0.2, -0.15) is 0 Å². The van der Waals surface area contributed by atoms with E-state index in [0.717, 1.165) is 11.3 Å². The monoisotopic (exact) mass is 289 g/mol. The maximum atomic E-state index is 11.6. The molecule has 1 aromatic heterocycles. The van der Waals surface area contributed by atoms with Crippen LogP contribution in [0.2, 0.25) is 0 Å². The summed E-state index contributed by atoms with van der Waals surface area (Å²) in [5.74, 6) is 0.298. The highest BCUT2D eigenvalue weighted by Crippen LogP contribution is 2.28. The first kappa shape index (κ1) is 13.6. The molecule has 0 spiro atoms. The fraction of sp³-hybridized carbons (Fsp3) is 0.357. The standard InChI is InChI=1S/C14H15N3O4/c1-19-10-5-3-9(4-6-10)12-7-17-11(8-21-12)13(15-16-17)14(18)20-2/h3-6,12H,7-8H2,1-2H3. The number of hydrogen-bond acceptors (Lipinski definition) is 6. The maximum Gasteiger partial charge on any atom is 0.360 e. The van der Waals surface area contributed by atoms with E-state index < -0.39 is 5.97 Å². The van der Waals surface area contributed by atoms with E-state index in [2.05, 4.69) is 15.0 Å². The first-order valence-electron chi connectivity index (χ1n) is 6.49. The molecule has 1 aromatic carbocycles. The van der Waals surface area contributed by atoms with Gasteiger partial charge in [-0.05, 0) is 17.7 Å². The third-order valence-electron chi connectivity index (χ3n) is 3.46. The summed E-state index contributed by atoms with van der Waals surface area (Å²) < 4.78 is 17.3. The molecule has 2 heterocycles. The molecule has 1 atom stereocenters. The highest BCUT2D eigenvalue weighted by molar-refractivity contribution is 5.88. The molecular formula is C14H15N3O4. The van der Waals surface area contributed by atoms with Crippen molar-refractivity contribution in [2.24, 2.45) is 0 Å². The van der Waals surface area contributed by atoms with E-state index in [4.69, 9.17) is 9.47 Å². The summed E-state index contributed by atoms with van der Waals surface area (Å²) >= 11 is 0. The van der Waals surface area contributed by atoms with Gasteiger partial charge in [-0.25, -0.2) is 9.48 Å². The number of hydrogen-bond donors (Lipinski definition) is 0. The van der Waals surface area contributed by atoms with Crippen LogP contribution in [0.15, 0.2) is 24.3 Å². The SMILES string of the molecule is COC(=O)c1nnn2c1COC(c1ccc(OC)cc1)C2. The molecule has 0 fully saturated rings. The van der Waals surface area contributed by atoms with Gasteiger partial charge in [0.1, 0.15) is 11.9 Å². The largest absolute Gasteiger partial charge is 0.497 e. The zero-order chi connectivity index (χ0) is 14.8. The number of esters is 1. The van der Waals surface area contributed by atoms with E-state index in [1.165, 1.54) is 7.11 Å². The number of methoxy groups -OCH3 is 2. The Morgan fingerprint density at radius 1 is 1.33 bits per heavy atom. The molecule has 0 saturated heterocycles. The maximum absolute atomic E-state index is 11.6. The van der Waals surface area contributed by atoms with Crippen molar-refractivity contribution >= 4 is 5.97 Å². The van der Waals surface area contributed by atoms with Crippen LogP contribution in [0, 0.1) is 0 Å². The van der Waals surface area contributed by atoms with Gasteiger partial charge in [-0.3, -0.25) is 0 Å². The summed E-state index contributed by atoms with van der Waals surface area (Å²) in [5, 5.41) is 7.86. The molecule has 7 nitrogen and oxygen atoms in total. The number of aromatic nitrogens is 3. The first-order chi connectivity index (χ1) is 10.2. The van der Waals surface area contributed by atoms with Crippen LogP contribution in [-0.4, -0.2) is 35.2 Å². The second-order valence-electron chi connectivity index (χ2n) is 4.63. The van der Waals surface area contributed by atoms with Crippen LogP contribution in [0.5, 0.6) is 5.75 Å². The summed E-state index contributed by atoms with van der Waals surface area (Å²) in [6.07, 6.45) is -0.129. The number of benzene rings is 1. The van der Waals surface area contributed by atoms with Crippen molar-refractivity contribution in [1.29, 1.82) is 0 Å². The lowest BCUT2D eigenvalue weighted by atomic mass is 10.1. The van der Waals surface area contributed by atoms with Crippen LogP contribution in [0.1, 0.15) is 27.8 Å². The third-order valence-corrected chi connectivity index (χ3v) is 3.46. The lowest BCUT2D eigenvalue weighted by Crippen LogP contribution is -2.23. The summed E-state index contributed by atoms with van der Waals surface area (Å²) in [4.78, 5) is 11.6. The van der Waals surface area contributed by atoms with E-state index in [1.54, 1.807) is 11.8 Å². The Kier molecular flexibility index (Phi) is 3.57. The number of nitrogens with zero attached hydrogens (tertiary/aromatic N) is 3. The Bertz CT molecular complexity index is 651. The van der Waals surface area contributed by atoms with Crippen molar-refractivity contribution in [2.75, 3.05) is 14.2 Å². The van der Waals surface area contributed by atoms with Crippen molar-refractivity contribution in [3.63, 3.8) is 0 Å². The molecule has 1 aliphatic rings. The fourth-order valence-corrected chi connectivity index (χ4v) is 2.29. The zero-order valence-corrected chi connectivity index (χ0v) is 11.8. The van der Waals surface area contributed by atoms with Gasteiger partial charge in [0, 0.05) is 0 Å². The smallest absolute Gasteiger partial charge is 0.360 e. The lowest BCUT2D eigenvalue weighted by Gasteiger charge is -2.24. The summed E-state index contributed by atoms with van der Waals surface area (Å²) in [5.41, 5.74) is 1.88. The molecule has 3 rings (SSSR count). The highest BCUT2D eigenvalue weighted by atomic mass is 16.5. The van der Waals surface area contributed by atoms with Crippen molar-refractivity contribution in [3.8, 4) is 5.75 Å². The highest BCUT2D eigenvalue weighted by Gasteiger charge is 2.28. The van der Waals surface area contributed by atoms with Crippen molar-refractivity contribution in [3.05, 3.63) is 41.2 Å². The van der Waals surface area contributed by atoms with Gasteiger partial charge in [0.05, 0.1) is 33.1 Å². The second kappa shape index (κ2) is 5.53. The molecule has 0 saturated carbocycles. The van der Waals surface area contributed by atoms with E-state index in [1.807, 2.05) is 24.3 Å². The van der Waals surface area contributed by atoms with Crippen LogP contribution < -0.4 is 4.74 Å². The number of carbonyl (C=O) groups excluding carboxylic acids is 1. The zero-order valence-electron chi connectivity index (χ0n) is 11.8. The average molecular weight is 289 g/mol. The number of rotatable bonds is 3. The fourth-order valence-electron chi connectivity index (χ4n) is 2.29. The Balaban J connectivity index is 1.81. The minimum atomic E-state index is -0.497. The third kappa shape index (κ3) is 2.47. The Morgan fingerprint density at radius 3 is 2.76 bits per heavy atom.